The van der Waals surface area contributed by atoms with Crippen molar-refractivity contribution in [3.8, 4) is 33.1 Å². The van der Waals surface area contributed by atoms with Gasteiger partial charge in [-0.2, -0.15) is 5.10 Å². The van der Waals surface area contributed by atoms with Crippen molar-refractivity contribution in [3.05, 3.63) is 175 Å². The third-order valence-electron chi connectivity index (χ3n) is 8.67. The van der Waals surface area contributed by atoms with Crippen LogP contribution in [0.25, 0.3) is 44.0 Å². The number of aromatic nitrogens is 5. The smallest absolute Gasteiger partial charge is 0.184 e. The van der Waals surface area contributed by atoms with E-state index in [9.17, 15) is 8.42 Å². The first-order valence-corrected chi connectivity index (χ1v) is 18.4. The molecule has 238 valence electrons. The number of hydrogen-bond donors (Lipinski definition) is 0. The summed E-state index contributed by atoms with van der Waals surface area (Å²) in [4.78, 5) is 14.7. The van der Waals surface area contributed by atoms with E-state index in [0.29, 0.717) is 9.90 Å². The topological polar surface area (TPSA) is 90.6 Å². The summed E-state index contributed by atoms with van der Waals surface area (Å²) in [6, 6.07) is 46.7. The van der Waals surface area contributed by atoms with Gasteiger partial charge in [0.2, 0.25) is 0 Å². The molecule has 9 heteroatoms. The molecule has 0 aliphatic heterocycles. The van der Waals surface area contributed by atoms with Crippen molar-refractivity contribution in [1.29, 1.82) is 0 Å². The molecule has 49 heavy (non-hydrogen) atoms. The van der Waals surface area contributed by atoms with Crippen LogP contribution in [0.5, 0.6) is 0 Å². The first-order chi connectivity index (χ1) is 23.9. The molecule has 0 aliphatic rings. The fraction of sp³-hybridized carbons (Fsp3) is 0.0500. The Morgan fingerprint density at radius 2 is 1.29 bits per heavy atom. The number of benzene rings is 4. The molecule has 0 unspecified atom stereocenters. The molecule has 4 aromatic heterocycles. The Labute approximate surface area is 288 Å². The zero-order valence-corrected chi connectivity index (χ0v) is 28.0. The van der Waals surface area contributed by atoms with E-state index in [-0.39, 0.29) is 0 Å². The third kappa shape index (κ3) is 5.43. The van der Waals surface area contributed by atoms with E-state index < -0.39 is 15.4 Å². The summed E-state index contributed by atoms with van der Waals surface area (Å²) < 4.78 is 27.0. The van der Waals surface area contributed by atoms with Gasteiger partial charge in [-0.3, -0.25) is 9.67 Å². The maximum atomic E-state index is 12.3. The van der Waals surface area contributed by atoms with Crippen molar-refractivity contribution in [3.63, 3.8) is 0 Å². The molecule has 0 saturated heterocycles. The van der Waals surface area contributed by atoms with Crippen LogP contribution in [-0.4, -0.2) is 39.4 Å². The largest absolute Gasteiger partial charge is 0.255 e. The number of sulfone groups is 1. The van der Waals surface area contributed by atoms with Crippen molar-refractivity contribution in [2.24, 2.45) is 0 Å². The summed E-state index contributed by atoms with van der Waals surface area (Å²) >= 11 is 1.21. The van der Waals surface area contributed by atoms with Gasteiger partial charge in [0.15, 0.2) is 9.84 Å². The summed E-state index contributed by atoms with van der Waals surface area (Å²) in [5.74, 6) is 0. The van der Waals surface area contributed by atoms with E-state index in [1.165, 1.54) is 23.9 Å². The SMILES string of the molecule is CS(=O)(=O)c1ccc(-c2ncnc3ccc(-c4cn(C(c5ccccc5)(c5ccccc5)c5ccccc5)nc4-c4ccccn4)cc23)s1. The van der Waals surface area contributed by atoms with Crippen LogP contribution in [0.4, 0.5) is 0 Å². The summed E-state index contributed by atoms with van der Waals surface area (Å²) in [5.41, 5.74) is 7.01. The predicted octanol–water partition coefficient (Wildman–Crippen LogP) is 8.53. The fourth-order valence-corrected chi connectivity index (χ4v) is 8.39. The molecule has 0 fully saturated rings. The van der Waals surface area contributed by atoms with Crippen LogP contribution < -0.4 is 0 Å². The van der Waals surface area contributed by atoms with E-state index in [0.717, 1.165) is 55.0 Å². The average molecular weight is 676 g/mol. The zero-order chi connectivity index (χ0) is 33.4. The number of pyridine rings is 1. The predicted molar refractivity (Wildman–Crippen MR) is 195 cm³/mol. The van der Waals surface area contributed by atoms with Crippen LogP contribution in [-0.2, 0) is 15.4 Å². The highest BCUT2D eigenvalue weighted by atomic mass is 32.2. The highest BCUT2D eigenvalue weighted by Crippen LogP contribution is 2.44. The van der Waals surface area contributed by atoms with Gasteiger partial charge in [0.05, 0.1) is 21.8 Å². The van der Waals surface area contributed by atoms with Gasteiger partial charge >= 0.3 is 0 Å². The van der Waals surface area contributed by atoms with E-state index in [2.05, 4.69) is 99.7 Å². The lowest BCUT2D eigenvalue weighted by molar-refractivity contribution is 0.461. The maximum Gasteiger partial charge on any atom is 0.184 e. The number of thiophene rings is 1. The van der Waals surface area contributed by atoms with Gasteiger partial charge in [0.25, 0.3) is 0 Å². The van der Waals surface area contributed by atoms with Crippen LogP contribution in [0.2, 0.25) is 0 Å². The highest BCUT2D eigenvalue weighted by Gasteiger charge is 2.40. The minimum Gasteiger partial charge on any atom is -0.255 e. The molecule has 0 bridgehead atoms. The first-order valence-electron chi connectivity index (χ1n) is 15.7. The van der Waals surface area contributed by atoms with E-state index in [1.807, 2.05) is 48.5 Å². The van der Waals surface area contributed by atoms with E-state index >= 15 is 0 Å². The van der Waals surface area contributed by atoms with Crippen LogP contribution in [0.15, 0.2) is 162 Å². The Balaban J connectivity index is 1.41. The van der Waals surface area contributed by atoms with Gasteiger partial charge in [-0.25, -0.2) is 18.4 Å². The molecule has 8 rings (SSSR count). The van der Waals surface area contributed by atoms with Crippen LogP contribution in [0, 0.1) is 0 Å². The zero-order valence-electron chi connectivity index (χ0n) is 26.4. The molecule has 0 amide bonds. The lowest BCUT2D eigenvalue weighted by Crippen LogP contribution is -2.38. The molecular formula is C40H29N5O2S2. The van der Waals surface area contributed by atoms with E-state index in [4.69, 9.17) is 10.1 Å². The first kappa shape index (κ1) is 30.6. The van der Waals surface area contributed by atoms with Gasteiger partial charge in [0.1, 0.15) is 21.8 Å². The monoisotopic (exact) mass is 675 g/mol. The molecule has 0 atom stereocenters. The molecular weight excluding hydrogens is 647 g/mol. The standard InChI is InChI=1S/C40H29N5O2S2/c1-49(46,47)37-23-22-36(48-37)39-32-25-28(20-21-34(32)42-27-43-39)33-26-45(44-38(33)35-19-11-12-24-41-35)40(29-13-5-2-6-14-29,30-15-7-3-8-16-30)31-17-9-4-10-18-31/h2-27H,1H3. The molecule has 4 aromatic carbocycles. The molecule has 0 spiro atoms. The number of fused-ring (bicyclic) bond motifs is 1. The van der Waals surface area contributed by atoms with Crippen molar-refractivity contribution in [2.75, 3.05) is 6.26 Å². The quantitative estimate of drug-likeness (QED) is 0.150. The van der Waals surface area contributed by atoms with Gasteiger partial charge in [-0.05, 0) is 58.7 Å². The molecule has 0 saturated carbocycles. The Bertz CT molecular complexity index is 2420. The summed E-state index contributed by atoms with van der Waals surface area (Å²) in [5, 5.41) is 6.22. The second-order valence-electron chi connectivity index (χ2n) is 11.7. The minimum absolute atomic E-state index is 0.295. The second-order valence-corrected chi connectivity index (χ2v) is 15.0. The lowest BCUT2D eigenvalue weighted by atomic mass is 9.77. The number of nitrogens with zero attached hydrogens (tertiary/aromatic N) is 5. The van der Waals surface area contributed by atoms with Crippen LogP contribution in [0.3, 0.4) is 0 Å². The van der Waals surface area contributed by atoms with Gasteiger partial charge in [0, 0.05) is 29.6 Å². The lowest BCUT2D eigenvalue weighted by Gasteiger charge is -2.36. The molecule has 8 aromatic rings. The molecule has 0 N–H and O–H groups in total. The van der Waals surface area contributed by atoms with Gasteiger partial charge < -0.3 is 0 Å². The fourth-order valence-electron chi connectivity index (χ4n) is 6.45. The Morgan fingerprint density at radius 1 is 0.653 bits per heavy atom. The normalized spacial score (nSPS) is 11.9. The third-order valence-corrected chi connectivity index (χ3v) is 11.6. The van der Waals surface area contributed by atoms with Crippen molar-refractivity contribution < 1.29 is 8.42 Å². The Hall–Kier alpha value is -5.77. The summed E-state index contributed by atoms with van der Waals surface area (Å²) in [6.07, 6.45) is 6.62. The Morgan fingerprint density at radius 3 is 1.86 bits per heavy atom. The summed E-state index contributed by atoms with van der Waals surface area (Å²) in [7, 11) is -3.35. The van der Waals surface area contributed by atoms with Crippen molar-refractivity contribution in [2.45, 2.75) is 9.75 Å². The second kappa shape index (κ2) is 12.4. The molecule has 7 nitrogen and oxygen atoms in total. The van der Waals surface area contributed by atoms with Gasteiger partial charge in [-0.15, -0.1) is 11.3 Å². The Kier molecular flexibility index (Phi) is 7.70. The molecule has 0 aliphatic carbocycles. The average Bonchev–Trinajstić information content (AvgIpc) is 3.83. The minimum atomic E-state index is -3.35. The van der Waals surface area contributed by atoms with Crippen LogP contribution in [0.1, 0.15) is 16.7 Å². The van der Waals surface area contributed by atoms with Crippen LogP contribution >= 0.6 is 11.3 Å². The number of rotatable bonds is 8. The molecule has 0 radical (unpaired) electrons. The van der Waals surface area contributed by atoms with Gasteiger partial charge in [-0.1, -0.05) is 103 Å². The van der Waals surface area contributed by atoms with Crippen molar-refractivity contribution >= 4 is 32.1 Å². The molecule has 4 heterocycles. The highest BCUT2D eigenvalue weighted by molar-refractivity contribution is 7.92. The van der Waals surface area contributed by atoms with Crippen molar-refractivity contribution in [1.82, 2.24) is 24.7 Å². The summed E-state index contributed by atoms with van der Waals surface area (Å²) in [6.45, 7) is 0. The number of hydrogen-bond acceptors (Lipinski definition) is 7. The maximum absolute atomic E-state index is 12.3. The van der Waals surface area contributed by atoms with E-state index in [1.54, 1.807) is 18.3 Å².